The van der Waals surface area contributed by atoms with E-state index in [1.807, 2.05) is 30.3 Å². The fraction of sp³-hybridized carbons (Fsp3) is 0.444. The molecule has 2 aliphatic rings. The predicted molar refractivity (Wildman–Crippen MR) is 104 cm³/mol. The summed E-state index contributed by atoms with van der Waals surface area (Å²) in [6.45, 7) is 2.61. The van der Waals surface area contributed by atoms with E-state index in [1.54, 1.807) is 0 Å². The smallest absolute Gasteiger partial charge is 0.250 e. The second kappa shape index (κ2) is 7.38. The number of rotatable bonds is 3. The molecule has 2 fully saturated rings. The number of hydrogen-bond acceptors (Lipinski definition) is 5. The Hall–Kier alpha value is -1.17. The molecule has 6 heteroatoms. The summed E-state index contributed by atoms with van der Waals surface area (Å²) < 4.78 is 15.4. The first-order valence-corrected chi connectivity index (χ1v) is 10.2. The Labute approximate surface area is 160 Å². The van der Waals surface area contributed by atoms with E-state index in [0.29, 0.717) is 28.4 Å². The molecule has 2 saturated heterocycles. The third-order valence-electron chi connectivity index (χ3n) is 4.76. The summed E-state index contributed by atoms with van der Waals surface area (Å²) in [5.41, 5.74) is 2.04. The number of alkyl halides is 1. The summed E-state index contributed by atoms with van der Waals surface area (Å²) in [5, 5.41) is 0. The fourth-order valence-corrected chi connectivity index (χ4v) is 4.92. The highest BCUT2D eigenvalue weighted by Crippen LogP contribution is 2.44. The maximum Gasteiger partial charge on any atom is 0.250 e. The molecular weight excluding hydrogens is 433 g/mol. The molecule has 4 atom stereocenters. The zero-order chi connectivity index (χ0) is 16.4. The summed E-state index contributed by atoms with van der Waals surface area (Å²) in [4.78, 5) is 2.57. The minimum Gasteiger partial charge on any atom is -0.463 e. The van der Waals surface area contributed by atoms with Gasteiger partial charge in [0.2, 0.25) is 5.88 Å². The highest BCUT2D eigenvalue weighted by atomic mass is 127. The average molecular weight is 451 g/mol. The van der Waals surface area contributed by atoms with Crippen molar-refractivity contribution in [2.45, 2.75) is 22.8 Å². The Balaban J connectivity index is 1.41. The summed E-state index contributed by atoms with van der Waals surface area (Å²) in [5.74, 6) is 8.01. The molecular formula is C18H18IN3OS. The number of benzene rings is 1. The van der Waals surface area contributed by atoms with Crippen LogP contribution < -0.4 is 4.74 Å². The molecule has 0 N–H and O–H groups in total. The first-order chi connectivity index (χ1) is 11.8. The standard InChI is InChI=1S/C18H18IN3OS/c19-16-9-8-14-11-22(16)12-15(14)17-18(21-24-20-17)23-10-4-7-13-5-2-1-3-6-13/h1-3,5-6,14-16H,8-12H2. The van der Waals surface area contributed by atoms with Gasteiger partial charge in [-0.3, -0.25) is 4.90 Å². The molecule has 1 aromatic carbocycles. The van der Waals surface area contributed by atoms with Crippen LogP contribution in [0.25, 0.3) is 0 Å². The molecule has 2 aliphatic heterocycles. The second-order valence-electron chi connectivity index (χ2n) is 6.24. The van der Waals surface area contributed by atoms with Crippen molar-refractivity contribution in [2.24, 2.45) is 5.92 Å². The SMILES string of the molecule is IC1CCC2CN1CC2c1nsnc1OCC#Cc1ccccc1. The van der Waals surface area contributed by atoms with E-state index in [0.717, 1.165) is 17.8 Å². The van der Waals surface area contributed by atoms with Gasteiger partial charge in [0.05, 0.1) is 15.8 Å². The van der Waals surface area contributed by atoms with Crippen LogP contribution in [0, 0.1) is 17.8 Å². The van der Waals surface area contributed by atoms with Crippen molar-refractivity contribution in [3.8, 4) is 17.7 Å². The van der Waals surface area contributed by atoms with Crippen molar-refractivity contribution < 1.29 is 4.74 Å². The molecule has 0 amide bonds. The van der Waals surface area contributed by atoms with Gasteiger partial charge >= 0.3 is 0 Å². The van der Waals surface area contributed by atoms with E-state index < -0.39 is 0 Å². The molecule has 4 unspecified atom stereocenters. The van der Waals surface area contributed by atoms with Crippen molar-refractivity contribution in [1.82, 2.24) is 13.6 Å². The summed E-state index contributed by atoms with van der Waals surface area (Å²) in [7, 11) is 0. The van der Waals surface area contributed by atoms with E-state index >= 15 is 0 Å². The van der Waals surface area contributed by atoms with Gasteiger partial charge in [-0.25, -0.2) is 0 Å². The average Bonchev–Trinajstić information content (AvgIpc) is 3.21. The highest BCUT2D eigenvalue weighted by molar-refractivity contribution is 14.1. The van der Waals surface area contributed by atoms with Crippen LogP contribution >= 0.6 is 34.3 Å². The quantitative estimate of drug-likeness (QED) is 0.310. The molecule has 1 aromatic heterocycles. The number of fused-ring (bicyclic) bond motifs is 2. The van der Waals surface area contributed by atoms with Gasteiger partial charge < -0.3 is 4.74 Å². The number of halogens is 1. The number of ether oxygens (including phenoxy) is 1. The molecule has 124 valence electrons. The molecule has 2 aromatic rings. The minimum absolute atomic E-state index is 0.351. The molecule has 4 nitrogen and oxygen atoms in total. The van der Waals surface area contributed by atoms with Gasteiger partial charge in [-0.2, -0.15) is 4.37 Å². The minimum atomic E-state index is 0.351. The zero-order valence-electron chi connectivity index (χ0n) is 13.2. The van der Waals surface area contributed by atoms with Crippen LogP contribution in [0.15, 0.2) is 30.3 Å². The Morgan fingerprint density at radius 3 is 2.92 bits per heavy atom. The van der Waals surface area contributed by atoms with Crippen LogP contribution in [0.4, 0.5) is 0 Å². The van der Waals surface area contributed by atoms with Crippen LogP contribution in [-0.4, -0.2) is 37.4 Å². The summed E-state index contributed by atoms with van der Waals surface area (Å²) >= 11 is 3.81. The monoisotopic (exact) mass is 451 g/mol. The number of piperidine rings is 1. The van der Waals surface area contributed by atoms with Crippen LogP contribution in [-0.2, 0) is 0 Å². The maximum absolute atomic E-state index is 5.83. The molecule has 0 spiro atoms. The van der Waals surface area contributed by atoms with Gasteiger partial charge in [0.15, 0.2) is 6.61 Å². The van der Waals surface area contributed by atoms with E-state index in [-0.39, 0.29) is 0 Å². The van der Waals surface area contributed by atoms with E-state index in [9.17, 15) is 0 Å². The molecule has 4 rings (SSSR count). The van der Waals surface area contributed by atoms with E-state index in [4.69, 9.17) is 4.74 Å². The van der Waals surface area contributed by atoms with E-state index in [2.05, 4.69) is 48.1 Å². The normalized spacial score (nSPS) is 28.2. The van der Waals surface area contributed by atoms with Crippen molar-refractivity contribution >= 4 is 34.3 Å². The molecule has 0 saturated carbocycles. The van der Waals surface area contributed by atoms with Crippen molar-refractivity contribution in [3.05, 3.63) is 41.6 Å². The number of nitrogens with zero attached hydrogens (tertiary/aromatic N) is 3. The fourth-order valence-electron chi connectivity index (χ4n) is 3.55. The highest BCUT2D eigenvalue weighted by Gasteiger charge is 2.42. The lowest BCUT2D eigenvalue weighted by molar-refractivity contribution is 0.256. The Morgan fingerprint density at radius 2 is 2.08 bits per heavy atom. The first kappa shape index (κ1) is 16.3. The van der Waals surface area contributed by atoms with Crippen molar-refractivity contribution in [1.29, 1.82) is 0 Å². The third-order valence-corrected chi connectivity index (χ3v) is 6.70. The van der Waals surface area contributed by atoms with Gasteiger partial charge in [0.25, 0.3) is 0 Å². The van der Waals surface area contributed by atoms with Crippen LogP contribution in [0.2, 0.25) is 0 Å². The lowest BCUT2D eigenvalue weighted by Gasteiger charge is -2.27. The Kier molecular flexibility index (Phi) is 5.01. The zero-order valence-corrected chi connectivity index (χ0v) is 16.2. The van der Waals surface area contributed by atoms with Gasteiger partial charge in [0, 0.05) is 24.6 Å². The molecule has 0 radical (unpaired) electrons. The summed E-state index contributed by atoms with van der Waals surface area (Å²) in [6.07, 6.45) is 2.55. The lowest BCUT2D eigenvalue weighted by atomic mass is 9.89. The molecule has 3 heterocycles. The maximum atomic E-state index is 5.83. The van der Waals surface area contributed by atoms with Crippen LogP contribution in [0.1, 0.15) is 30.0 Å². The van der Waals surface area contributed by atoms with E-state index in [1.165, 1.54) is 31.1 Å². The van der Waals surface area contributed by atoms with Gasteiger partial charge in [-0.1, -0.05) is 52.6 Å². The predicted octanol–water partition coefficient (Wildman–Crippen LogP) is 3.54. The largest absolute Gasteiger partial charge is 0.463 e. The third kappa shape index (κ3) is 3.44. The van der Waals surface area contributed by atoms with Gasteiger partial charge in [0.1, 0.15) is 5.69 Å². The Bertz CT molecular complexity index is 754. The first-order valence-electron chi connectivity index (χ1n) is 8.18. The van der Waals surface area contributed by atoms with Crippen LogP contribution in [0.5, 0.6) is 5.88 Å². The topological polar surface area (TPSA) is 38.2 Å². The summed E-state index contributed by atoms with van der Waals surface area (Å²) in [6, 6.07) is 9.96. The van der Waals surface area contributed by atoms with Crippen molar-refractivity contribution in [3.63, 3.8) is 0 Å². The Morgan fingerprint density at radius 1 is 1.21 bits per heavy atom. The molecule has 0 aliphatic carbocycles. The molecule has 2 bridgehead atoms. The van der Waals surface area contributed by atoms with Crippen molar-refractivity contribution in [2.75, 3.05) is 19.7 Å². The molecule has 24 heavy (non-hydrogen) atoms. The van der Waals surface area contributed by atoms with Crippen LogP contribution in [0.3, 0.4) is 0 Å². The van der Waals surface area contributed by atoms with Gasteiger partial charge in [-0.15, -0.1) is 4.37 Å². The number of hydrogen-bond donors (Lipinski definition) is 0. The van der Waals surface area contributed by atoms with Gasteiger partial charge in [-0.05, 0) is 30.9 Å². The lowest BCUT2D eigenvalue weighted by Crippen LogP contribution is -2.32. The number of aromatic nitrogens is 2. The second-order valence-corrected chi connectivity index (χ2v) is 8.21.